The van der Waals surface area contributed by atoms with E-state index in [1.165, 1.54) is 13.1 Å². The average molecular weight is 545 g/mol. The topological polar surface area (TPSA) is 84.6 Å². The molecule has 0 bridgehead atoms. The van der Waals surface area contributed by atoms with Gasteiger partial charge in [-0.2, -0.15) is 8.42 Å². The molecule has 0 radical (unpaired) electrons. The van der Waals surface area contributed by atoms with E-state index in [1.54, 1.807) is 48.5 Å². The number of quaternary nitrogens is 1. The smallest absolute Gasteiger partial charge is 0.403 e. The van der Waals surface area contributed by atoms with Gasteiger partial charge in [0.2, 0.25) is 0 Å². The monoisotopic (exact) mass is 544 g/mol. The zero-order chi connectivity index (χ0) is 27.8. The molecule has 0 saturated heterocycles. The highest BCUT2D eigenvalue weighted by Crippen LogP contribution is 2.45. The molecule has 0 aliphatic heterocycles. The minimum Gasteiger partial charge on any atom is -0.502 e. The van der Waals surface area contributed by atoms with Gasteiger partial charge in [0.25, 0.3) is 5.69 Å². The van der Waals surface area contributed by atoms with Crippen molar-refractivity contribution in [2.75, 3.05) is 7.05 Å². The van der Waals surface area contributed by atoms with Crippen LogP contribution in [0.3, 0.4) is 0 Å². The summed E-state index contributed by atoms with van der Waals surface area (Å²) in [7, 11) is -2.84. The van der Waals surface area contributed by atoms with E-state index in [2.05, 4.69) is 0 Å². The van der Waals surface area contributed by atoms with Crippen LogP contribution in [0.4, 0.5) is 11.4 Å². The number of rotatable bonds is 9. The first-order valence-corrected chi connectivity index (χ1v) is 14.7. The van der Waals surface area contributed by atoms with Gasteiger partial charge in [0.15, 0.2) is 11.4 Å². The summed E-state index contributed by atoms with van der Waals surface area (Å²) < 4.78 is 33.6. The molecule has 202 valence electrons. The number of hydrogen-bond donors (Lipinski definition) is 1. The Morgan fingerprint density at radius 3 is 2.18 bits per heavy atom. The van der Waals surface area contributed by atoms with Crippen LogP contribution in [0.1, 0.15) is 55.9 Å². The lowest BCUT2D eigenvalue weighted by Crippen LogP contribution is -2.48. The van der Waals surface area contributed by atoms with E-state index in [9.17, 15) is 18.3 Å². The van der Waals surface area contributed by atoms with Gasteiger partial charge < -0.3 is 9.52 Å². The molecule has 0 spiro atoms. The molecular weight excluding hydrogens is 510 g/mol. The van der Waals surface area contributed by atoms with Gasteiger partial charge in [-0.05, 0) is 54.9 Å². The maximum Gasteiger partial charge on any atom is 0.403 e. The Kier molecular flexibility index (Phi) is 6.99. The third kappa shape index (κ3) is 5.04. The summed E-state index contributed by atoms with van der Waals surface area (Å²) in [5.41, 5.74) is 0.613. The average Bonchev–Trinajstić information content (AvgIpc) is 3.78. The molecule has 1 aliphatic carbocycles. The van der Waals surface area contributed by atoms with Crippen LogP contribution in [-0.4, -0.2) is 20.6 Å². The molecule has 1 atom stereocenters. The lowest BCUT2D eigenvalue weighted by atomic mass is 9.83. The molecule has 5 rings (SSSR count). The van der Waals surface area contributed by atoms with Crippen molar-refractivity contribution in [3.8, 4) is 5.75 Å². The number of benzene rings is 3. The van der Waals surface area contributed by atoms with Crippen molar-refractivity contribution in [2.24, 2.45) is 0 Å². The predicted molar refractivity (Wildman–Crippen MR) is 154 cm³/mol. The minimum absolute atomic E-state index is 0.0873. The maximum atomic E-state index is 14.4. The minimum atomic E-state index is -4.26. The summed E-state index contributed by atoms with van der Waals surface area (Å²) in [4.78, 5) is 13.7. The molecule has 1 aromatic heterocycles. The Bertz CT molecular complexity index is 1640. The van der Waals surface area contributed by atoms with E-state index < -0.39 is 30.7 Å². The molecular formula is C32H34NO5S+. The fraction of sp³-hybridized carbons (Fsp3) is 0.281. The van der Waals surface area contributed by atoms with Crippen molar-refractivity contribution in [1.82, 2.24) is 3.89 Å². The van der Waals surface area contributed by atoms with E-state index >= 15 is 0 Å². The van der Waals surface area contributed by atoms with Crippen LogP contribution in [0.25, 0.3) is 0 Å². The van der Waals surface area contributed by atoms with Gasteiger partial charge >= 0.3 is 15.6 Å². The van der Waals surface area contributed by atoms with Crippen molar-refractivity contribution < 1.29 is 17.9 Å². The van der Waals surface area contributed by atoms with Gasteiger partial charge in [0, 0.05) is 23.6 Å². The molecule has 1 heterocycles. The van der Waals surface area contributed by atoms with Gasteiger partial charge in [-0.25, -0.2) is 4.79 Å². The number of para-hydroxylation sites is 1. The van der Waals surface area contributed by atoms with E-state index in [0.717, 1.165) is 30.4 Å². The summed E-state index contributed by atoms with van der Waals surface area (Å²) in [5.74, 6) is 0.242. The van der Waals surface area contributed by atoms with Gasteiger partial charge in [0.1, 0.15) is 10.7 Å². The number of aromatic hydroxyl groups is 1. The molecule has 1 N–H and O–H groups in total. The van der Waals surface area contributed by atoms with Crippen LogP contribution in [0, 0.1) is 0 Å². The van der Waals surface area contributed by atoms with Crippen LogP contribution in [0.15, 0.2) is 105 Å². The lowest BCUT2D eigenvalue weighted by Gasteiger charge is -2.32. The van der Waals surface area contributed by atoms with Gasteiger partial charge in [-0.15, -0.1) is 3.89 Å². The molecule has 1 saturated carbocycles. The molecule has 1 fully saturated rings. The Balaban J connectivity index is 1.61. The normalized spacial score (nSPS) is 15.6. The molecule has 39 heavy (non-hydrogen) atoms. The summed E-state index contributed by atoms with van der Waals surface area (Å²) in [6, 6.07) is 26.8. The second-order valence-electron chi connectivity index (χ2n) is 11.1. The SMILES string of the molecule is CC(C)(CCc1ccccc1)c1cc(O)c([N+](C)(c2ccccc2)S(=O)(=O)c2cccc(C3CC3)c2)c(=O)o1. The van der Waals surface area contributed by atoms with Crippen molar-refractivity contribution in [3.05, 3.63) is 118 Å². The van der Waals surface area contributed by atoms with Crippen LogP contribution in [0.2, 0.25) is 0 Å². The van der Waals surface area contributed by atoms with Crippen LogP contribution < -0.4 is 9.51 Å². The lowest BCUT2D eigenvalue weighted by molar-refractivity contribution is 0.328. The Morgan fingerprint density at radius 1 is 0.923 bits per heavy atom. The highest BCUT2D eigenvalue weighted by atomic mass is 32.2. The molecule has 1 unspecified atom stereocenters. The van der Waals surface area contributed by atoms with Crippen LogP contribution >= 0.6 is 0 Å². The molecule has 3 aromatic carbocycles. The predicted octanol–water partition coefficient (Wildman–Crippen LogP) is 6.79. The zero-order valence-corrected chi connectivity index (χ0v) is 23.3. The summed E-state index contributed by atoms with van der Waals surface area (Å²) in [5, 5.41) is 11.3. The highest BCUT2D eigenvalue weighted by Gasteiger charge is 2.49. The van der Waals surface area contributed by atoms with E-state index in [4.69, 9.17) is 4.42 Å². The molecule has 7 heteroatoms. The van der Waals surface area contributed by atoms with Crippen molar-refractivity contribution >= 4 is 21.4 Å². The summed E-state index contributed by atoms with van der Waals surface area (Å²) in [6.45, 7) is 3.89. The van der Waals surface area contributed by atoms with Crippen molar-refractivity contribution in [2.45, 2.75) is 55.8 Å². The van der Waals surface area contributed by atoms with Crippen molar-refractivity contribution in [1.29, 1.82) is 0 Å². The van der Waals surface area contributed by atoms with Crippen molar-refractivity contribution in [3.63, 3.8) is 0 Å². The third-order valence-electron chi connectivity index (χ3n) is 7.82. The zero-order valence-electron chi connectivity index (χ0n) is 22.5. The summed E-state index contributed by atoms with van der Waals surface area (Å²) in [6.07, 6.45) is 3.47. The number of nitrogens with zero attached hydrogens (tertiary/aromatic N) is 1. The van der Waals surface area contributed by atoms with Crippen LogP contribution in [0.5, 0.6) is 5.75 Å². The largest absolute Gasteiger partial charge is 0.502 e. The quantitative estimate of drug-likeness (QED) is 0.235. The number of sulfonamides is 1. The van der Waals surface area contributed by atoms with Gasteiger partial charge in [-0.3, -0.25) is 0 Å². The first kappa shape index (κ1) is 26.9. The standard InChI is InChI=1S/C32H33NO5S/c1-32(2,20-19-23-11-6-4-7-12-23)29-22-28(34)30(31(35)38-29)33(3,26-14-8-5-9-15-26)39(36,37)27-16-10-13-25(21-27)24-17-18-24/h4-16,21-22,24H,17-20H2,1-3H3/p+1. The maximum absolute atomic E-state index is 14.4. The fourth-order valence-electron chi connectivity index (χ4n) is 5.08. The fourth-order valence-corrected chi connectivity index (χ4v) is 6.85. The first-order valence-electron chi connectivity index (χ1n) is 13.2. The molecule has 4 aromatic rings. The van der Waals surface area contributed by atoms with E-state index in [0.29, 0.717) is 23.8 Å². The first-order chi connectivity index (χ1) is 18.5. The molecule has 0 amide bonds. The number of hydrogen-bond acceptors (Lipinski definition) is 5. The van der Waals surface area contributed by atoms with E-state index in [-0.39, 0.29) is 10.6 Å². The van der Waals surface area contributed by atoms with E-state index in [1.807, 2.05) is 50.2 Å². The summed E-state index contributed by atoms with van der Waals surface area (Å²) >= 11 is 0. The Labute approximate surface area is 229 Å². The van der Waals surface area contributed by atoms with Gasteiger partial charge in [-0.1, -0.05) is 74.5 Å². The Morgan fingerprint density at radius 2 is 1.56 bits per heavy atom. The number of aryl methyl sites for hydroxylation is 1. The second kappa shape index (κ2) is 10.1. The third-order valence-corrected chi connectivity index (χ3v) is 10.0. The molecule has 1 aliphatic rings. The second-order valence-corrected chi connectivity index (χ2v) is 13.2. The molecule has 6 nitrogen and oxygen atoms in total. The highest BCUT2D eigenvalue weighted by molar-refractivity contribution is 7.91. The van der Waals surface area contributed by atoms with Crippen LogP contribution in [-0.2, 0) is 21.9 Å². The van der Waals surface area contributed by atoms with Gasteiger partial charge in [0.05, 0.1) is 7.05 Å². The Hall–Kier alpha value is -3.68.